The van der Waals surface area contributed by atoms with Crippen LogP contribution in [0.4, 0.5) is 10.1 Å². The first-order chi connectivity index (χ1) is 8.77. The molecule has 0 aliphatic rings. The number of nitrogens with one attached hydrogen (secondary N) is 1. The van der Waals surface area contributed by atoms with Gasteiger partial charge in [-0.3, -0.25) is 0 Å². The summed E-state index contributed by atoms with van der Waals surface area (Å²) in [6.45, 7) is 0.760. The topological polar surface area (TPSA) is 84.7 Å². The zero-order valence-corrected chi connectivity index (χ0v) is 11.9. The minimum Gasteiger partial charge on any atom is -0.492 e. The lowest BCUT2D eigenvalue weighted by atomic mass is 10.3. The van der Waals surface area contributed by atoms with Crippen molar-refractivity contribution in [1.29, 1.82) is 0 Å². The Bertz CT molecular complexity index is 523. The van der Waals surface area contributed by atoms with E-state index in [1.807, 2.05) is 19.0 Å². The van der Waals surface area contributed by atoms with Crippen LogP contribution in [0, 0.1) is 5.82 Å². The van der Waals surface area contributed by atoms with E-state index in [1.54, 1.807) is 0 Å². The number of hydrogen-bond acceptors (Lipinski definition) is 5. The summed E-state index contributed by atoms with van der Waals surface area (Å²) in [5.41, 5.74) is 5.48. The summed E-state index contributed by atoms with van der Waals surface area (Å²) >= 11 is 0. The molecule has 0 aromatic heterocycles. The second-order valence-electron chi connectivity index (χ2n) is 4.23. The lowest BCUT2D eigenvalue weighted by Crippen LogP contribution is -2.31. The zero-order chi connectivity index (χ0) is 14.6. The van der Waals surface area contributed by atoms with Crippen molar-refractivity contribution in [1.82, 2.24) is 9.62 Å². The first-order valence-corrected chi connectivity index (χ1v) is 7.03. The van der Waals surface area contributed by atoms with Crippen molar-refractivity contribution in [2.24, 2.45) is 0 Å². The predicted molar refractivity (Wildman–Crippen MR) is 71.1 cm³/mol. The maximum atomic E-state index is 13.6. The zero-order valence-electron chi connectivity index (χ0n) is 11.1. The largest absolute Gasteiger partial charge is 0.492 e. The lowest BCUT2D eigenvalue weighted by molar-refractivity contribution is 0.388. The van der Waals surface area contributed by atoms with Crippen LogP contribution >= 0.6 is 0 Å². The number of nitrogen functional groups attached to an aromatic ring is 1. The monoisotopic (exact) mass is 291 g/mol. The molecule has 0 bridgehead atoms. The molecule has 1 aromatic carbocycles. The van der Waals surface area contributed by atoms with Crippen molar-refractivity contribution < 1.29 is 17.5 Å². The molecule has 6 nitrogen and oxygen atoms in total. The van der Waals surface area contributed by atoms with Gasteiger partial charge in [-0.1, -0.05) is 0 Å². The minimum absolute atomic E-state index is 0.0597. The highest BCUT2D eigenvalue weighted by molar-refractivity contribution is 7.89. The summed E-state index contributed by atoms with van der Waals surface area (Å²) in [6, 6.07) is 2.05. The van der Waals surface area contributed by atoms with Crippen molar-refractivity contribution in [2.45, 2.75) is 4.90 Å². The van der Waals surface area contributed by atoms with Gasteiger partial charge < -0.3 is 15.4 Å². The predicted octanol–water partition coefficient (Wildman–Crippen LogP) is 0.256. The third kappa shape index (κ3) is 4.05. The van der Waals surface area contributed by atoms with Crippen molar-refractivity contribution in [2.75, 3.05) is 40.0 Å². The number of methoxy groups -OCH3 is 1. The molecule has 0 aliphatic heterocycles. The van der Waals surface area contributed by atoms with E-state index >= 15 is 0 Å². The Hall–Kier alpha value is -1.38. The number of halogens is 1. The highest BCUT2D eigenvalue weighted by atomic mass is 32.2. The Balaban J connectivity index is 2.96. The molecule has 1 aromatic rings. The van der Waals surface area contributed by atoms with Crippen LogP contribution in [0.25, 0.3) is 0 Å². The van der Waals surface area contributed by atoms with E-state index in [0.717, 1.165) is 6.07 Å². The van der Waals surface area contributed by atoms with Crippen LogP contribution in [0.3, 0.4) is 0 Å². The van der Waals surface area contributed by atoms with Gasteiger partial charge in [0.05, 0.1) is 17.7 Å². The van der Waals surface area contributed by atoms with Gasteiger partial charge in [0, 0.05) is 13.1 Å². The molecule has 0 saturated heterocycles. The van der Waals surface area contributed by atoms with E-state index in [0.29, 0.717) is 6.54 Å². The summed E-state index contributed by atoms with van der Waals surface area (Å²) in [5, 5.41) is 0. The van der Waals surface area contributed by atoms with E-state index in [2.05, 4.69) is 4.72 Å². The summed E-state index contributed by atoms with van der Waals surface area (Å²) in [4.78, 5) is 1.60. The molecule has 0 aliphatic carbocycles. The summed E-state index contributed by atoms with van der Waals surface area (Å²) in [5.74, 6) is -0.970. The van der Waals surface area contributed by atoms with Gasteiger partial charge in [-0.05, 0) is 26.2 Å². The van der Waals surface area contributed by atoms with Gasteiger partial charge in [-0.2, -0.15) is 0 Å². The van der Waals surface area contributed by atoms with Crippen LogP contribution in [0.2, 0.25) is 0 Å². The van der Waals surface area contributed by atoms with Crippen LogP contribution in [0.15, 0.2) is 17.0 Å². The average Bonchev–Trinajstić information content (AvgIpc) is 2.27. The quantitative estimate of drug-likeness (QED) is 0.734. The average molecular weight is 291 g/mol. The number of sulfonamides is 1. The number of rotatable bonds is 6. The van der Waals surface area contributed by atoms with Gasteiger partial charge in [-0.15, -0.1) is 0 Å². The normalized spacial score (nSPS) is 11.8. The Morgan fingerprint density at radius 1 is 1.42 bits per heavy atom. The highest BCUT2D eigenvalue weighted by Crippen LogP contribution is 2.28. The number of hydrogen-bond donors (Lipinski definition) is 2. The summed E-state index contributed by atoms with van der Waals surface area (Å²) in [7, 11) is 1.12. The molecule has 0 atom stereocenters. The van der Waals surface area contributed by atoms with E-state index in [4.69, 9.17) is 10.5 Å². The van der Waals surface area contributed by atoms with Gasteiger partial charge in [0.15, 0.2) is 11.6 Å². The first-order valence-electron chi connectivity index (χ1n) is 5.55. The summed E-state index contributed by atoms with van der Waals surface area (Å²) in [6.07, 6.45) is 0. The second-order valence-corrected chi connectivity index (χ2v) is 6.00. The molecule has 0 heterocycles. The van der Waals surface area contributed by atoms with Crippen molar-refractivity contribution >= 4 is 15.7 Å². The number of nitrogens with zero attached hydrogens (tertiary/aromatic N) is 1. The van der Waals surface area contributed by atoms with E-state index in [1.165, 1.54) is 13.2 Å². The van der Waals surface area contributed by atoms with E-state index in [9.17, 15) is 12.8 Å². The standard InChI is InChI=1S/C11H18FN3O3S/c1-15(2)5-4-14-19(16,17)8-6-9(12)11(18-3)10(13)7-8/h6-7,14H,4-5,13H2,1-3H3. The molecule has 108 valence electrons. The third-order valence-electron chi connectivity index (χ3n) is 2.41. The Morgan fingerprint density at radius 3 is 2.53 bits per heavy atom. The third-order valence-corrected chi connectivity index (χ3v) is 3.85. The molecule has 3 N–H and O–H groups in total. The maximum Gasteiger partial charge on any atom is 0.240 e. The van der Waals surface area contributed by atoms with Crippen molar-refractivity contribution in [3.63, 3.8) is 0 Å². The van der Waals surface area contributed by atoms with Crippen LogP contribution in [0.1, 0.15) is 0 Å². The molecule has 0 unspecified atom stereocenters. The molecule has 0 spiro atoms. The fraction of sp³-hybridized carbons (Fsp3) is 0.455. The van der Waals surface area contributed by atoms with Crippen LogP contribution in [-0.2, 0) is 10.0 Å². The number of likely N-dealkylation sites (N-methyl/N-ethyl adjacent to an activating group) is 1. The van der Waals surface area contributed by atoms with E-state index in [-0.39, 0.29) is 22.9 Å². The van der Waals surface area contributed by atoms with Gasteiger partial charge in [0.2, 0.25) is 10.0 Å². The molecule has 19 heavy (non-hydrogen) atoms. The Morgan fingerprint density at radius 2 is 2.05 bits per heavy atom. The van der Waals surface area contributed by atoms with Gasteiger partial charge in [0.25, 0.3) is 0 Å². The van der Waals surface area contributed by atoms with E-state index < -0.39 is 15.8 Å². The van der Waals surface area contributed by atoms with Crippen LogP contribution in [0.5, 0.6) is 5.75 Å². The number of ether oxygens (including phenoxy) is 1. The van der Waals surface area contributed by atoms with Crippen LogP contribution in [-0.4, -0.2) is 47.6 Å². The van der Waals surface area contributed by atoms with Crippen LogP contribution < -0.4 is 15.2 Å². The van der Waals surface area contributed by atoms with Gasteiger partial charge in [-0.25, -0.2) is 17.5 Å². The number of anilines is 1. The first kappa shape index (κ1) is 15.7. The number of benzene rings is 1. The second kappa shape index (κ2) is 6.18. The van der Waals surface area contributed by atoms with Crippen molar-refractivity contribution in [3.8, 4) is 5.75 Å². The highest BCUT2D eigenvalue weighted by Gasteiger charge is 2.18. The fourth-order valence-electron chi connectivity index (χ4n) is 1.45. The van der Waals surface area contributed by atoms with Gasteiger partial charge >= 0.3 is 0 Å². The molecular formula is C11H18FN3O3S. The molecule has 8 heteroatoms. The fourth-order valence-corrected chi connectivity index (χ4v) is 2.51. The number of nitrogens with two attached hydrogens (primary N) is 1. The Kier molecular flexibility index (Phi) is 5.10. The van der Waals surface area contributed by atoms with Gasteiger partial charge in [0.1, 0.15) is 0 Å². The minimum atomic E-state index is -3.78. The molecule has 0 amide bonds. The molecule has 0 radical (unpaired) electrons. The molecule has 1 rings (SSSR count). The maximum absolute atomic E-state index is 13.6. The lowest BCUT2D eigenvalue weighted by Gasteiger charge is -2.12. The molecule has 0 fully saturated rings. The SMILES string of the molecule is COc1c(N)cc(S(=O)(=O)NCCN(C)C)cc1F. The molecule has 0 saturated carbocycles. The molecular weight excluding hydrogens is 273 g/mol. The Labute approximate surface area is 112 Å². The smallest absolute Gasteiger partial charge is 0.240 e. The van der Waals surface area contributed by atoms with Crippen molar-refractivity contribution in [3.05, 3.63) is 17.9 Å². The summed E-state index contributed by atoms with van der Waals surface area (Å²) < 4.78 is 44.5.